The summed E-state index contributed by atoms with van der Waals surface area (Å²) in [7, 11) is 0. The number of carbonyl (C=O) groups excluding carboxylic acids is 1. The van der Waals surface area contributed by atoms with E-state index < -0.39 is 0 Å². The summed E-state index contributed by atoms with van der Waals surface area (Å²) in [5.41, 5.74) is 1.85. The fourth-order valence-electron chi connectivity index (χ4n) is 1.53. The smallest absolute Gasteiger partial charge is 0.252 e. The normalized spacial score (nSPS) is 12.4. The van der Waals surface area contributed by atoms with Gasteiger partial charge in [-0.25, -0.2) is 0 Å². The molecule has 1 amide bonds. The van der Waals surface area contributed by atoms with Crippen LogP contribution in [0.1, 0.15) is 35.7 Å². The van der Waals surface area contributed by atoms with Crippen LogP contribution < -0.4 is 5.32 Å². The average molecular weight is 260 g/mol. The maximum absolute atomic E-state index is 11.8. The molecule has 0 bridgehead atoms. The fourth-order valence-corrected chi connectivity index (χ4v) is 2.67. The number of amides is 1. The highest BCUT2D eigenvalue weighted by Crippen LogP contribution is 2.14. The molecule has 0 spiro atoms. The minimum atomic E-state index is 0.0340. The van der Waals surface area contributed by atoms with Gasteiger partial charge in [0, 0.05) is 17.8 Å². The molecule has 1 aromatic rings. The van der Waals surface area contributed by atoms with Crippen molar-refractivity contribution in [1.29, 1.82) is 0 Å². The zero-order valence-corrected chi connectivity index (χ0v) is 11.3. The number of thiophene rings is 1. The molecule has 1 aromatic heterocycles. The number of halogens is 1. The lowest BCUT2D eigenvalue weighted by atomic mass is 10.0. The molecule has 1 rings (SSSR count). The van der Waals surface area contributed by atoms with E-state index in [1.54, 1.807) is 11.3 Å². The topological polar surface area (TPSA) is 29.1 Å². The lowest BCUT2D eigenvalue weighted by Crippen LogP contribution is -2.29. The molecule has 0 radical (unpaired) electrons. The largest absolute Gasteiger partial charge is 0.352 e. The molecule has 1 atom stereocenters. The molecule has 0 saturated heterocycles. The van der Waals surface area contributed by atoms with Crippen molar-refractivity contribution >= 4 is 28.8 Å². The van der Waals surface area contributed by atoms with Crippen molar-refractivity contribution in [2.24, 2.45) is 5.92 Å². The van der Waals surface area contributed by atoms with Gasteiger partial charge in [-0.3, -0.25) is 4.79 Å². The van der Waals surface area contributed by atoms with Gasteiger partial charge in [0.25, 0.3) is 5.91 Å². The molecule has 0 aromatic carbocycles. The Bertz CT molecular complexity index is 338. The Hall–Kier alpha value is -0.540. The van der Waals surface area contributed by atoms with E-state index in [1.165, 1.54) is 0 Å². The van der Waals surface area contributed by atoms with E-state index >= 15 is 0 Å². The third kappa shape index (κ3) is 3.80. The molecule has 0 aliphatic heterocycles. The Labute approximate surface area is 106 Å². The first-order valence-corrected chi connectivity index (χ1v) is 7.03. The van der Waals surface area contributed by atoms with Crippen LogP contribution in [0.4, 0.5) is 0 Å². The van der Waals surface area contributed by atoms with Crippen molar-refractivity contribution < 1.29 is 4.79 Å². The van der Waals surface area contributed by atoms with Crippen LogP contribution in [-0.2, 0) is 0 Å². The van der Waals surface area contributed by atoms with Crippen molar-refractivity contribution in [3.05, 3.63) is 21.9 Å². The molecule has 1 N–H and O–H groups in total. The maximum atomic E-state index is 11.8. The molecule has 0 fully saturated rings. The Kier molecular flexibility index (Phi) is 5.85. The molecule has 90 valence electrons. The molecule has 4 heteroatoms. The molecule has 1 unspecified atom stereocenters. The van der Waals surface area contributed by atoms with Gasteiger partial charge in [-0.2, -0.15) is 11.3 Å². The zero-order chi connectivity index (χ0) is 12.0. The van der Waals surface area contributed by atoms with E-state index in [1.807, 2.05) is 17.7 Å². The number of hydrogen-bond acceptors (Lipinski definition) is 2. The Morgan fingerprint density at radius 1 is 1.56 bits per heavy atom. The van der Waals surface area contributed by atoms with Crippen LogP contribution >= 0.6 is 22.9 Å². The molecule has 16 heavy (non-hydrogen) atoms. The van der Waals surface area contributed by atoms with E-state index in [-0.39, 0.29) is 5.91 Å². The summed E-state index contributed by atoms with van der Waals surface area (Å²) in [6.45, 7) is 4.80. The predicted octanol–water partition coefficient (Wildman–Crippen LogP) is 3.44. The highest BCUT2D eigenvalue weighted by atomic mass is 35.5. The number of carbonyl (C=O) groups is 1. The van der Waals surface area contributed by atoms with Gasteiger partial charge in [0.15, 0.2) is 0 Å². The summed E-state index contributed by atoms with van der Waals surface area (Å²) < 4.78 is 0. The van der Waals surface area contributed by atoms with E-state index in [0.29, 0.717) is 11.8 Å². The molecule has 0 saturated carbocycles. The molecule has 0 aliphatic rings. The number of nitrogens with one attached hydrogen (secondary N) is 1. The van der Waals surface area contributed by atoms with Crippen LogP contribution in [0.5, 0.6) is 0 Å². The summed E-state index contributed by atoms with van der Waals surface area (Å²) >= 11 is 7.27. The van der Waals surface area contributed by atoms with Crippen molar-refractivity contribution in [3.8, 4) is 0 Å². The molecular formula is C12H18ClNOS. The van der Waals surface area contributed by atoms with E-state index in [4.69, 9.17) is 11.6 Å². The van der Waals surface area contributed by atoms with Crippen LogP contribution in [0.3, 0.4) is 0 Å². The minimum Gasteiger partial charge on any atom is -0.352 e. The molecule has 2 nitrogen and oxygen atoms in total. The van der Waals surface area contributed by atoms with Gasteiger partial charge >= 0.3 is 0 Å². The van der Waals surface area contributed by atoms with Crippen LogP contribution in [0.2, 0.25) is 0 Å². The van der Waals surface area contributed by atoms with Crippen LogP contribution in [0.25, 0.3) is 0 Å². The van der Waals surface area contributed by atoms with Crippen molar-refractivity contribution in [3.63, 3.8) is 0 Å². The maximum Gasteiger partial charge on any atom is 0.252 e. The van der Waals surface area contributed by atoms with Gasteiger partial charge in [0.2, 0.25) is 0 Å². The SMILES string of the molecule is CCC(CCCl)CNC(=O)c1cscc1C. The summed E-state index contributed by atoms with van der Waals surface area (Å²) in [5, 5.41) is 6.86. The van der Waals surface area contributed by atoms with Gasteiger partial charge in [-0.1, -0.05) is 13.3 Å². The van der Waals surface area contributed by atoms with Crippen molar-refractivity contribution in [1.82, 2.24) is 5.32 Å². The number of aryl methyl sites for hydroxylation is 1. The second kappa shape index (κ2) is 6.92. The summed E-state index contributed by atoms with van der Waals surface area (Å²) in [4.78, 5) is 11.8. The van der Waals surface area contributed by atoms with Crippen molar-refractivity contribution in [2.45, 2.75) is 26.7 Å². The first-order chi connectivity index (χ1) is 7.69. The number of alkyl halides is 1. The van der Waals surface area contributed by atoms with E-state index in [2.05, 4.69) is 12.2 Å². The third-order valence-electron chi connectivity index (χ3n) is 2.75. The number of rotatable bonds is 6. The predicted molar refractivity (Wildman–Crippen MR) is 70.5 cm³/mol. The van der Waals surface area contributed by atoms with Gasteiger partial charge in [0.05, 0.1) is 5.56 Å². The van der Waals surface area contributed by atoms with Gasteiger partial charge < -0.3 is 5.32 Å². The molecule has 1 heterocycles. The van der Waals surface area contributed by atoms with Crippen molar-refractivity contribution in [2.75, 3.05) is 12.4 Å². The second-order valence-corrected chi connectivity index (χ2v) is 5.05. The van der Waals surface area contributed by atoms with E-state index in [0.717, 1.165) is 30.5 Å². The lowest BCUT2D eigenvalue weighted by molar-refractivity contribution is 0.0946. The first-order valence-electron chi connectivity index (χ1n) is 5.56. The van der Waals surface area contributed by atoms with E-state index in [9.17, 15) is 4.79 Å². The van der Waals surface area contributed by atoms with Gasteiger partial charge in [-0.15, -0.1) is 11.6 Å². The summed E-state index contributed by atoms with van der Waals surface area (Å²) in [5.74, 6) is 1.18. The average Bonchev–Trinajstić information content (AvgIpc) is 2.70. The summed E-state index contributed by atoms with van der Waals surface area (Å²) in [6, 6.07) is 0. The van der Waals surface area contributed by atoms with Crippen LogP contribution in [0.15, 0.2) is 10.8 Å². The second-order valence-electron chi connectivity index (χ2n) is 3.93. The van der Waals surface area contributed by atoms with Crippen LogP contribution in [0, 0.1) is 12.8 Å². The first kappa shape index (κ1) is 13.5. The molecule has 0 aliphatic carbocycles. The zero-order valence-electron chi connectivity index (χ0n) is 9.75. The standard InChI is InChI=1S/C12H18ClNOS/c1-3-10(4-5-13)6-14-12(15)11-8-16-7-9(11)2/h7-8,10H,3-6H2,1-2H3,(H,14,15). The monoisotopic (exact) mass is 259 g/mol. The Balaban J connectivity index is 2.43. The van der Waals surface area contributed by atoms with Crippen LogP contribution in [-0.4, -0.2) is 18.3 Å². The highest BCUT2D eigenvalue weighted by Gasteiger charge is 2.11. The quantitative estimate of drug-likeness (QED) is 0.779. The lowest BCUT2D eigenvalue weighted by Gasteiger charge is -2.14. The molecular weight excluding hydrogens is 242 g/mol. The summed E-state index contributed by atoms with van der Waals surface area (Å²) in [6.07, 6.45) is 2.01. The minimum absolute atomic E-state index is 0.0340. The highest BCUT2D eigenvalue weighted by molar-refractivity contribution is 7.08. The van der Waals surface area contributed by atoms with Gasteiger partial charge in [0.1, 0.15) is 0 Å². The Morgan fingerprint density at radius 3 is 2.81 bits per heavy atom. The fraction of sp³-hybridized carbons (Fsp3) is 0.583. The number of hydrogen-bond donors (Lipinski definition) is 1. The Morgan fingerprint density at radius 2 is 2.31 bits per heavy atom. The van der Waals surface area contributed by atoms with Gasteiger partial charge in [-0.05, 0) is 30.2 Å². The third-order valence-corrected chi connectivity index (χ3v) is 3.83.